The molecule has 78 valence electrons. The second kappa shape index (κ2) is 4.14. The van der Waals surface area contributed by atoms with E-state index >= 15 is 0 Å². The lowest BCUT2D eigenvalue weighted by Crippen LogP contribution is -2.30. The summed E-state index contributed by atoms with van der Waals surface area (Å²) < 4.78 is 4.72. The van der Waals surface area contributed by atoms with Crippen molar-refractivity contribution in [2.45, 2.75) is 19.3 Å². The van der Waals surface area contributed by atoms with Gasteiger partial charge < -0.3 is 4.74 Å². The summed E-state index contributed by atoms with van der Waals surface area (Å²) in [7, 11) is 1.37. The average Bonchev–Trinajstić information content (AvgIpc) is 2.28. The molecule has 0 amide bonds. The summed E-state index contributed by atoms with van der Waals surface area (Å²) in [4.78, 5) is 11.5. The number of nitrogens with zero attached hydrogens (tertiary/aromatic N) is 1. The fourth-order valence-corrected chi connectivity index (χ4v) is 1.33. The number of carbonyl (C=O) groups excluding carboxylic acids is 1. The van der Waals surface area contributed by atoms with E-state index in [1.165, 1.54) is 7.11 Å². The van der Waals surface area contributed by atoms with Crippen molar-refractivity contribution in [1.82, 2.24) is 0 Å². The highest BCUT2D eigenvalue weighted by atomic mass is 16.5. The van der Waals surface area contributed by atoms with Crippen LogP contribution >= 0.6 is 0 Å². The van der Waals surface area contributed by atoms with Crippen molar-refractivity contribution < 1.29 is 9.53 Å². The zero-order valence-electron chi connectivity index (χ0n) is 9.07. The van der Waals surface area contributed by atoms with Gasteiger partial charge in [-0.15, -0.1) is 0 Å². The quantitative estimate of drug-likeness (QED) is 0.691. The second-order valence-corrected chi connectivity index (χ2v) is 3.81. The Morgan fingerprint density at radius 2 is 1.87 bits per heavy atom. The van der Waals surface area contributed by atoms with Gasteiger partial charge in [0.2, 0.25) is 0 Å². The number of hydrogen-bond donors (Lipinski definition) is 0. The highest BCUT2D eigenvalue weighted by molar-refractivity contribution is 5.82. The number of benzene rings is 1. The van der Waals surface area contributed by atoms with Gasteiger partial charge in [-0.3, -0.25) is 4.79 Å². The smallest absolute Gasteiger partial charge is 0.315 e. The van der Waals surface area contributed by atoms with E-state index < -0.39 is 5.41 Å². The molecule has 3 nitrogen and oxygen atoms in total. The molecule has 0 atom stereocenters. The Hall–Kier alpha value is -1.82. The van der Waals surface area contributed by atoms with E-state index in [2.05, 4.69) is 0 Å². The van der Waals surface area contributed by atoms with Crippen LogP contribution in [0.15, 0.2) is 24.3 Å². The maximum atomic E-state index is 11.5. The lowest BCUT2D eigenvalue weighted by Gasteiger charge is -2.21. The van der Waals surface area contributed by atoms with E-state index in [-0.39, 0.29) is 5.97 Å². The van der Waals surface area contributed by atoms with Gasteiger partial charge >= 0.3 is 5.97 Å². The molecule has 0 bridgehead atoms. The number of esters is 1. The van der Waals surface area contributed by atoms with Crippen molar-refractivity contribution in [3.63, 3.8) is 0 Å². The zero-order valence-corrected chi connectivity index (χ0v) is 9.07. The van der Waals surface area contributed by atoms with E-state index in [9.17, 15) is 4.79 Å². The maximum absolute atomic E-state index is 11.5. The molecule has 15 heavy (non-hydrogen) atoms. The summed E-state index contributed by atoms with van der Waals surface area (Å²) in [6, 6.07) is 8.97. The van der Waals surface area contributed by atoms with Crippen LogP contribution in [-0.4, -0.2) is 13.1 Å². The molecule has 0 fully saturated rings. The zero-order chi connectivity index (χ0) is 11.5. The van der Waals surface area contributed by atoms with Gasteiger partial charge in [0, 0.05) is 0 Å². The molecule has 1 aromatic rings. The van der Waals surface area contributed by atoms with Gasteiger partial charge in [0.25, 0.3) is 0 Å². The molecule has 0 saturated carbocycles. The van der Waals surface area contributed by atoms with E-state index in [0.29, 0.717) is 5.56 Å². The highest BCUT2D eigenvalue weighted by Gasteiger charge is 2.30. The van der Waals surface area contributed by atoms with Crippen LogP contribution in [0.3, 0.4) is 0 Å². The predicted molar refractivity (Wildman–Crippen MR) is 56.2 cm³/mol. The molecule has 0 aliphatic rings. The van der Waals surface area contributed by atoms with Crippen molar-refractivity contribution in [1.29, 1.82) is 5.26 Å². The average molecular weight is 203 g/mol. The van der Waals surface area contributed by atoms with E-state index in [1.54, 1.807) is 38.1 Å². The lowest BCUT2D eigenvalue weighted by molar-refractivity contribution is -0.146. The number of ether oxygens (including phenoxy) is 1. The first kappa shape index (κ1) is 11.3. The summed E-state index contributed by atoms with van der Waals surface area (Å²) in [5.74, 6) is -0.285. The molecule has 3 heteroatoms. The van der Waals surface area contributed by atoms with Crippen molar-refractivity contribution in [2.75, 3.05) is 7.11 Å². The second-order valence-electron chi connectivity index (χ2n) is 3.81. The van der Waals surface area contributed by atoms with Crippen LogP contribution in [0.5, 0.6) is 0 Å². The molecule has 0 radical (unpaired) electrons. The summed E-state index contributed by atoms with van der Waals surface area (Å²) in [6.45, 7) is 3.58. The number of rotatable bonds is 2. The van der Waals surface area contributed by atoms with Crippen molar-refractivity contribution in [3.05, 3.63) is 35.4 Å². The largest absolute Gasteiger partial charge is 0.468 e. The Kier molecular flexibility index (Phi) is 3.11. The van der Waals surface area contributed by atoms with Crippen LogP contribution in [0.2, 0.25) is 0 Å². The first-order valence-corrected chi connectivity index (χ1v) is 4.61. The van der Waals surface area contributed by atoms with E-state index in [4.69, 9.17) is 10.00 Å². The van der Waals surface area contributed by atoms with Gasteiger partial charge in [0.1, 0.15) is 0 Å². The van der Waals surface area contributed by atoms with E-state index in [0.717, 1.165) is 5.56 Å². The number of nitriles is 1. The molecular weight excluding hydrogens is 190 g/mol. The molecule has 0 aliphatic heterocycles. The predicted octanol–water partition coefficient (Wildman–Crippen LogP) is 2.01. The number of hydrogen-bond acceptors (Lipinski definition) is 3. The summed E-state index contributed by atoms with van der Waals surface area (Å²) in [5.41, 5.74) is 0.746. The molecule has 0 N–H and O–H groups in total. The first-order valence-electron chi connectivity index (χ1n) is 4.61. The van der Waals surface area contributed by atoms with Gasteiger partial charge in [-0.1, -0.05) is 12.1 Å². The van der Waals surface area contributed by atoms with Gasteiger partial charge in [0.05, 0.1) is 24.2 Å². The van der Waals surface area contributed by atoms with Gasteiger partial charge in [0.15, 0.2) is 0 Å². The lowest BCUT2D eigenvalue weighted by atomic mass is 9.84. The minimum Gasteiger partial charge on any atom is -0.468 e. The summed E-state index contributed by atoms with van der Waals surface area (Å²) >= 11 is 0. The third kappa shape index (κ3) is 2.16. The van der Waals surface area contributed by atoms with Crippen molar-refractivity contribution in [3.8, 4) is 6.07 Å². The fourth-order valence-electron chi connectivity index (χ4n) is 1.33. The van der Waals surface area contributed by atoms with Crippen LogP contribution in [0.4, 0.5) is 0 Å². The molecule has 0 unspecified atom stereocenters. The van der Waals surface area contributed by atoms with Crippen LogP contribution in [-0.2, 0) is 14.9 Å². The standard InChI is InChI=1S/C12H13NO2/c1-12(2,11(14)15-3)10-6-4-9(8-13)5-7-10/h4-7H,1-3H3. The van der Waals surface area contributed by atoms with Crippen LogP contribution in [0.1, 0.15) is 25.0 Å². The topological polar surface area (TPSA) is 50.1 Å². The van der Waals surface area contributed by atoms with Crippen LogP contribution in [0, 0.1) is 11.3 Å². The molecule has 0 heterocycles. The Balaban J connectivity index is 3.06. The number of methoxy groups -OCH3 is 1. The normalized spacial score (nSPS) is 10.5. The molecular formula is C12H13NO2. The maximum Gasteiger partial charge on any atom is 0.315 e. The molecule has 0 aliphatic carbocycles. The van der Waals surface area contributed by atoms with Crippen LogP contribution < -0.4 is 0 Å². The molecule has 0 spiro atoms. The van der Waals surface area contributed by atoms with Crippen molar-refractivity contribution >= 4 is 5.97 Å². The monoisotopic (exact) mass is 203 g/mol. The summed E-state index contributed by atoms with van der Waals surface area (Å²) in [5, 5.41) is 8.65. The first-order chi connectivity index (χ1) is 7.02. The fraction of sp³-hybridized carbons (Fsp3) is 0.333. The van der Waals surface area contributed by atoms with E-state index in [1.807, 2.05) is 6.07 Å². The Bertz CT molecular complexity index is 399. The molecule has 1 aromatic carbocycles. The third-order valence-corrected chi connectivity index (χ3v) is 2.43. The van der Waals surface area contributed by atoms with Gasteiger partial charge in [-0.05, 0) is 31.5 Å². The molecule has 0 aromatic heterocycles. The number of carbonyl (C=O) groups is 1. The Morgan fingerprint density at radius 3 is 2.27 bits per heavy atom. The van der Waals surface area contributed by atoms with Crippen LogP contribution in [0.25, 0.3) is 0 Å². The third-order valence-electron chi connectivity index (χ3n) is 2.43. The minimum atomic E-state index is -0.678. The van der Waals surface area contributed by atoms with Crippen molar-refractivity contribution in [2.24, 2.45) is 0 Å². The Morgan fingerprint density at radius 1 is 1.33 bits per heavy atom. The molecule has 1 rings (SSSR count). The van der Waals surface area contributed by atoms with Gasteiger partial charge in [-0.2, -0.15) is 5.26 Å². The highest BCUT2D eigenvalue weighted by Crippen LogP contribution is 2.24. The SMILES string of the molecule is COC(=O)C(C)(C)c1ccc(C#N)cc1. The Labute approximate surface area is 89.3 Å². The summed E-state index contributed by atoms with van der Waals surface area (Å²) in [6.07, 6.45) is 0. The van der Waals surface area contributed by atoms with Gasteiger partial charge in [-0.25, -0.2) is 0 Å². The molecule has 0 saturated heterocycles. The minimum absolute atomic E-state index is 0.285.